The van der Waals surface area contributed by atoms with Crippen LogP contribution < -0.4 is 15.4 Å². The van der Waals surface area contributed by atoms with Crippen molar-refractivity contribution in [2.75, 3.05) is 24.3 Å². The van der Waals surface area contributed by atoms with Gasteiger partial charge >= 0.3 is 6.18 Å². The van der Waals surface area contributed by atoms with E-state index in [1.807, 2.05) is 19.9 Å². The summed E-state index contributed by atoms with van der Waals surface area (Å²) in [6.45, 7) is 2.85. The molecule has 35 heavy (non-hydrogen) atoms. The molecule has 4 rings (SSSR count). The number of nitrogens with zero attached hydrogens (tertiary/aromatic N) is 1. The first-order chi connectivity index (χ1) is 16.7. The minimum absolute atomic E-state index is 0.0205. The average molecular weight is 504 g/mol. The highest BCUT2D eigenvalue weighted by Gasteiger charge is 2.30. The largest absolute Gasteiger partial charge is 0.495 e. The standard InChI is InChI=1S/C26H28F3N3O2S/c1-17(2)35(33)20-11-12-23(25(15-20)34-3)30-13-5-6-19-14-21-22(31-18-9-10-18)7-4-8-24(21)32(19)16-26(27,28)29/h4,7-8,11-12,14-15,17-18,30-31H,9-10,13,16H2,1-3H3. The number of hydrogen-bond donors (Lipinski definition) is 2. The molecular weight excluding hydrogens is 475 g/mol. The normalized spacial score (nSPS) is 14.5. The number of alkyl halides is 3. The average Bonchev–Trinajstić information content (AvgIpc) is 3.57. The molecule has 0 aliphatic heterocycles. The summed E-state index contributed by atoms with van der Waals surface area (Å²) in [5.41, 5.74) is 2.30. The molecule has 1 saturated carbocycles. The third kappa shape index (κ3) is 6.12. The molecule has 1 fully saturated rings. The molecule has 0 spiro atoms. The van der Waals surface area contributed by atoms with E-state index in [4.69, 9.17) is 4.74 Å². The van der Waals surface area contributed by atoms with E-state index in [1.54, 1.807) is 36.4 Å². The van der Waals surface area contributed by atoms with Gasteiger partial charge in [-0.2, -0.15) is 13.2 Å². The van der Waals surface area contributed by atoms with Gasteiger partial charge in [-0.05, 0) is 55.2 Å². The number of methoxy groups -OCH3 is 1. The quantitative estimate of drug-likeness (QED) is 0.384. The van der Waals surface area contributed by atoms with Gasteiger partial charge in [0.05, 0.1) is 41.4 Å². The van der Waals surface area contributed by atoms with Crippen molar-refractivity contribution in [2.45, 2.75) is 55.6 Å². The topological polar surface area (TPSA) is 55.3 Å². The third-order valence-electron chi connectivity index (χ3n) is 5.64. The van der Waals surface area contributed by atoms with Gasteiger partial charge in [0.1, 0.15) is 12.3 Å². The van der Waals surface area contributed by atoms with E-state index in [2.05, 4.69) is 22.5 Å². The SMILES string of the molecule is COc1cc(S(=O)C(C)C)ccc1NCC#Cc1cc2c(NC3CC3)cccc2n1CC(F)(F)F. The number of anilines is 2. The Balaban J connectivity index is 1.57. The van der Waals surface area contributed by atoms with Gasteiger partial charge in [0, 0.05) is 27.3 Å². The predicted molar refractivity (Wildman–Crippen MR) is 135 cm³/mol. The van der Waals surface area contributed by atoms with Gasteiger partial charge in [-0.1, -0.05) is 25.8 Å². The fourth-order valence-electron chi connectivity index (χ4n) is 3.80. The summed E-state index contributed by atoms with van der Waals surface area (Å²) in [4.78, 5) is 0.667. The van der Waals surface area contributed by atoms with Crippen molar-refractivity contribution in [3.05, 3.63) is 48.2 Å². The molecular formula is C26H28F3N3O2S. The molecule has 0 saturated heterocycles. The number of nitrogens with one attached hydrogen (secondary N) is 2. The number of rotatable bonds is 8. The summed E-state index contributed by atoms with van der Waals surface area (Å²) in [6.07, 6.45) is -2.24. The van der Waals surface area contributed by atoms with Gasteiger partial charge in [0.15, 0.2) is 0 Å². The summed E-state index contributed by atoms with van der Waals surface area (Å²) in [5.74, 6) is 6.37. The maximum atomic E-state index is 13.3. The number of benzene rings is 2. The van der Waals surface area contributed by atoms with Crippen LogP contribution in [0.5, 0.6) is 5.75 Å². The summed E-state index contributed by atoms with van der Waals surface area (Å²) >= 11 is 0. The Morgan fingerprint density at radius 2 is 1.94 bits per heavy atom. The molecule has 186 valence electrons. The maximum absolute atomic E-state index is 13.3. The summed E-state index contributed by atoms with van der Waals surface area (Å²) < 4.78 is 59.0. The first kappa shape index (κ1) is 25.0. The molecule has 9 heteroatoms. The zero-order valence-corrected chi connectivity index (χ0v) is 20.6. The van der Waals surface area contributed by atoms with Crippen molar-refractivity contribution < 1.29 is 22.1 Å². The highest BCUT2D eigenvalue weighted by atomic mass is 32.2. The summed E-state index contributed by atoms with van der Waals surface area (Å²) in [6, 6.07) is 12.7. The second-order valence-electron chi connectivity index (χ2n) is 8.75. The first-order valence-corrected chi connectivity index (χ1v) is 12.6. The van der Waals surface area contributed by atoms with Crippen LogP contribution in [0.3, 0.4) is 0 Å². The van der Waals surface area contributed by atoms with E-state index < -0.39 is 23.5 Å². The number of ether oxygens (including phenoxy) is 1. The minimum Gasteiger partial charge on any atom is -0.495 e. The second-order valence-corrected chi connectivity index (χ2v) is 10.8. The first-order valence-electron chi connectivity index (χ1n) is 11.4. The Morgan fingerprint density at radius 1 is 1.17 bits per heavy atom. The Bertz CT molecular complexity index is 1300. The van der Waals surface area contributed by atoms with Crippen LogP contribution in [0.25, 0.3) is 10.9 Å². The maximum Gasteiger partial charge on any atom is 0.406 e. The van der Waals surface area contributed by atoms with Gasteiger partial charge < -0.3 is 19.9 Å². The van der Waals surface area contributed by atoms with Gasteiger partial charge in [-0.15, -0.1) is 0 Å². The number of hydrogen-bond acceptors (Lipinski definition) is 4. The van der Waals surface area contributed by atoms with Crippen molar-refractivity contribution in [3.8, 4) is 17.6 Å². The van der Waals surface area contributed by atoms with Crippen molar-refractivity contribution in [2.24, 2.45) is 0 Å². The molecule has 0 radical (unpaired) electrons. The van der Waals surface area contributed by atoms with E-state index in [1.165, 1.54) is 11.7 Å². The lowest BCUT2D eigenvalue weighted by atomic mass is 10.2. The molecule has 5 nitrogen and oxygen atoms in total. The van der Waals surface area contributed by atoms with E-state index in [-0.39, 0.29) is 11.8 Å². The van der Waals surface area contributed by atoms with Crippen LogP contribution in [0.1, 0.15) is 32.4 Å². The third-order valence-corrected chi connectivity index (χ3v) is 7.21. The van der Waals surface area contributed by atoms with Crippen LogP contribution in [0.15, 0.2) is 47.4 Å². The fraction of sp³-hybridized carbons (Fsp3) is 0.385. The summed E-state index contributed by atoms with van der Waals surface area (Å²) in [7, 11) is 0.381. The molecule has 1 aliphatic rings. The van der Waals surface area contributed by atoms with Crippen LogP contribution >= 0.6 is 0 Å². The molecule has 1 atom stereocenters. The Hall–Kier alpha value is -3.12. The molecule has 0 amide bonds. The molecule has 1 heterocycles. The lowest BCUT2D eigenvalue weighted by Crippen LogP contribution is -2.18. The van der Waals surface area contributed by atoms with E-state index in [9.17, 15) is 17.4 Å². The minimum atomic E-state index is -4.37. The predicted octanol–water partition coefficient (Wildman–Crippen LogP) is 5.77. The van der Waals surface area contributed by atoms with Gasteiger partial charge in [0.2, 0.25) is 0 Å². The van der Waals surface area contributed by atoms with Crippen molar-refractivity contribution in [1.29, 1.82) is 0 Å². The zero-order valence-electron chi connectivity index (χ0n) is 19.8. The highest BCUT2D eigenvalue weighted by molar-refractivity contribution is 7.85. The Labute approximate surface area is 205 Å². The Morgan fingerprint density at radius 3 is 2.60 bits per heavy atom. The number of aromatic nitrogens is 1. The van der Waals surface area contributed by atoms with Crippen LogP contribution in [-0.4, -0.2) is 39.9 Å². The van der Waals surface area contributed by atoms with Crippen molar-refractivity contribution in [3.63, 3.8) is 0 Å². The highest BCUT2D eigenvalue weighted by Crippen LogP contribution is 2.33. The lowest BCUT2D eigenvalue weighted by Gasteiger charge is -2.12. The van der Waals surface area contributed by atoms with Gasteiger partial charge in [-0.25, -0.2) is 0 Å². The molecule has 2 aromatic carbocycles. The van der Waals surface area contributed by atoms with Crippen LogP contribution in [0, 0.1) is 11.8 Å². The van der Waals surface area contributed by atoms with E-state index >= 15 is 0 Å². The van der Waals surface area contributed by atoms with Crippen molar-refractivity contribution >= 4 is 33.1 Å². The van der Waals surface area contributed by atoms with Gasteiger partial charge in [-0.3, -0.25) is 4.21 Å². The smallest absolute Gasteiger partial charge is 0.406 e. The summed E-state index contributed by atoms with van der Waals surface area (Å²) in [5, 5.41) is 7.24. The fourth-order valence-corrected chi connectivity index (χ4v) is 4.77. The molecule has 3 aromatic rings. The monoisotopic (exact) mass is 503 g/mol. The molecule has 1 unspecified atom stereocenters. The lowest BCUT2D eigenvalue weighted by molar-refractivity contribution is -0.140. The molecule has 1 aliphatic carbocycles. The number of fused-ring (bicyclic) bond motifs is 1. The number of halogens is 3. The molecule has 2 N–H and O–H groups in total. The zero-order chi connectivity index (χ0) is 25.2. The molecule has 0 bridgehead atoms. The Kier molecular flexibility index (Phi) is 7.31. The van der Waals surface area contributed by atoms with Crippen LogP contribution in [0.2, 0.25) is 0 Å². The van der Waals surface area contributed by atoms with Crippen LogP contribution in [-0.2, 0) is 17.3 Å². The van der Waals surface area contributed by atoms with Gasteiger partial charge in [0.25, 0.3) is 0 Å². The van der Waals surface area contributed by atoms with E-state index in [0.29, 0.717) is 33.6 Å². The molecule has 1 aromatic heterocycles. The van der Waals surface area contributed by atoms with Crippen LogP contribution in [0.4, 0.5) is 24.5 Å². The second kappa shape index (κ2) is 10.2. The van der Waals surface area contributed by atoms with E-state index in [0.717, 1.165) is 23.9 Å². The van der Waals surface area contributed by atoms with Crippen molar-refractivity contribution in [1.82, 2.24) is 4.57 Å².